The van der Waals surface area contributed by atoms with Crippen LogP contribution < -0.4 is 5.32 Å². The van der Waals surface area contributed by atoms with Crippen LogP contribution in [-0.2, 0) is 6.54 Å². The first-order valence-electron chi connectivity index (χ1n) is 7.18. The van der Waals surface area contributed by atoms with E-state index < -0.39 is 0 Å². The number of nitrogens with zero attached hydrogens (tertiary/aromatic N) is 2. The Balaban J connectivity index is 1.79. The van der Waals surface area contributed by atoms with Gasteiger partial charge in [-0.1, -0.05) is 6.07 Å². The van der Waals surface area contributed by atoms with Gasteiger partial charge in [-0.05, 0) is 44.3 Å². The molecule has 0 bridgehead atoms. The molecule has 2 heterocycles. The molecule has 1 aromatic carbocycles. The number of aromatic amines is 2. The summed E-state index contributed by atoms with van der Waals surface area (Å²) in [6.07, 6.45) is 0. The molecule has 0 spiro atoms. The Hall–Kier alpha value is -2.48. The van der Waals surface area contributed by atoms with Crippen LogP contribution in [0.4, 0.5) is 4.39 Å². The fourth-order valence-electron chi connectivity index (χ4n) is 2.49. The third-order valence-electron chi connectivity index (χ3n) is 3.56. The summed E-state index contributed by atoms with van der Waals surface area (Å²) in [4.78, 5) is 15.2. The van der Waals surface area contributed by atoms with Gasteiger partial charge in [0, 0.05) is 16.9 Å². The van der Waals surface area contributed by atoms with Crippen LogP contribution in [0.3, 0.4) is 0 Å². The van der Waals surface area contributed by atoms with Crippen LogP contribution >= 0.6 is 12.2 Å². The number of aromatic nitrogens is 4. The van der Waals surface area contributed by atoms with Crippen molar-refractivity contribution in [3.8, 4) is 0 Å². The smallest absolute Gasteiger partial charge is 0.268 e. The molecule has 0 aliphatic rings. The molecule has 0 fully saturated rings. The maximum atomic E-state index is 13.7. The van der Waals surface area contributed by atoms with Crippen molar-refractivity contribution in [1.82, 2.24) is 25.1 Å². The highest BCUT2D eigenvalue weighted by Gasteiger charge is 2.14. The van der Waals surface area contributed by atoms with Crippen LogP contribution in [0.25, 0.3) is 10.9 Å². The van der Waals surface area contributed by atoms with Gasteiger partial charge in [0.05, 0.1) is 6.54 Å². The van der Waals surface area contributed by atoms with Gasteiger partial charge in [0.25, 0.3) is 5.91 Å². The van der Waals surface area contributed by atoms with Gasteiger partial charge < -0.3 is 14.9 Å². The molecular formula is C15H16FN5OS. The molecule has 0 aliphatic carbocycles. The lowest BCUT2D eigenvalue weighted by atomic mass is 10.2. The Labute approximate surface area is 136 Å². The van der Waals surface area contributed by atoms with Crippen LogP contribution in [0.5, 0.6) is 0 Å². The lowest BCUT2D eigenvalue weighted by Gasteiger charge is -2.10. The second-order valence-electron chi connectivity index (χ2n) is 5.48. The normalized spacial score (nSPS) is 11.3. The number of fused-ring (bicyclic) bond motifs is 1. The molecule has 0 unspecified atom stereocenters. The monoisotopic (exact) mass is 333 g/mol. The number of carbonyl (C=O) groups excluding carboxylic acids is 1. The number of rotatable bonds is 4. The fourth-order valence-corrected chi connectivity index (χ4v) is 2.85. The van der Waals surface area contributed by atoms with Crippen molar-refractivity contribution in [3.05, 3.63) is 46.4 Å². The van der Waals surface area contributed by atoms with E-state index in [0.29, 0.717) is 27.2 Å². The largest absolute Gasteiger partial charge is 0.350 e. The van der Waals surface area contributed by atoms with Crippen molar-refractivity contribution < 1.29 is 9.18 Å². The minimum absolute atomic E-state index is 0.135. The summed E-state index contributed by atoms with van der Waals surface area (Å²) in [5, 5.41) is 9.99. The molecule has 120 valence electrons. The summed E-state index contributed by atoms with van der Waals surface area (Å²) in [6, 6.07) is 6.31. The van der Waals surface area contributed by atoms with E-state index in [1.54, 1.807) is 12.1 Å². The van der Waals surface area contributed by atoms with Gasteiger partial charge in [0.2, 0.25) is 0 Å². The maximum absolute atomic E-state index is 13.7. The summed E-state index contributed by atoms with van der Waals surface area (Å²) in [5.74, 6) is -0.0519. The third kappa shape index (κ3) is 2.89. The number of hydrogen-bond acceptors (Lipinski definition) is 3. The molecule has 0 saturated carbocycles. The van der Waals surface area contributed by atoms with E-state index in [0.717, 1.165) is 0 Å². The topological polar surface area (TPSA) is 78.5 Å². The van der Waals surface area contributed by atoms with Crippen molar-refractivity contribution in [1.29, 1.82) is 0 Å². The van der Waals surface area contributed by atoms with Crippen molar-refractivity contribution in [2.24, 2.45) is 0 Å². The average molecular weight is 333 g/mol. The zero-order chi connectivity index (χ0) is 16.6. The van der Waals surface area contributed by atoms with Gasteiger partial charge in [0.15, 0.2) is 10.6 Å². The minimum atomic E-state index is -0.363. The van der Waals surface area contributed by atoms with Crippen LogP contribution in [0.15, 0.2) is 24.3 Å². The molecule has 0 saturated heterocycles. The van der Waals surface area contributed by atoms with Gasteiger partial charge in [-0.15, -0.1) is 0 Å². The SMILES string of the molecule is CC(C)n1c(CNC(=O)c2cc3c(F)cccc3[nH]2)n[nH]c1=S. The molecule has 6 nitrogen and oxygen atoms in total. The fraction of sp³-hybridized carbons (Fsp3) is 0.267. The minimum Gasteiger partial charge on any atom is -0.350 e. The molecule has 0 aliphatic heterocycles. The first-order chi connectivity index (χ1) is 11.0. The first-order valence-corrected chi connectivity index (χ1v) is 7.59. The van der Waals surface area contributed by atoms with Crippen molar-refractivity contribution in [2.75, 3.05) is 0 Å². The molecule has 3 aromatic rings. The zero-order valence-corrected chi connectivity index (χ0v) is 13.5. The van der Waals surface area contributed by atoms with Crippen LogP contribution in [-0.4, -0.2) is 25.7 Å². The van der Waals surface area contributed by atoms with E-state index in [1.807, 2.05) is 18.4 Å². The lowest BCUT2D eigenvalue weighted by molar-refractivity contribution is 0.0945. The predicted molar refractivity (Wildman–Crippen MR) is 87.2 cm³/mol. The summed E-state index contributed by atoms with van der Waals surface area (Å²) in [6.45, 7) is 4.19. The Morgan fingerprint density at radius 3 is 2.96 bits per heavy atom. The molecule has 0 radical (unpaired) electrons. The summed E-state index contributed by atoms with van der Waals surface area (Å²) >= 11 is 5.16. The second-order valence-corrected chi connectivity index (χ2v) is 5.86. The van der Waals surface area contributed by atoms with E-state index in [-0.39, 0.29) is 24.3 Å². The zero-order valence-electron chi connectivity index (χ0n) is 12.7. The van der Waals surface area contributed by atoms with Gasteiger partial charge in [-0.25, -0.2) is 4.39 Å². The van der Waals surface area contributed by atoms with Gasteiger partial charge in [0.1, 0.15) is 11.5 Å². The highest BCUT2D eigenvalue weighted by atomic mass is 32.1. The number of nitrogens with one attached hydrogen (secondary N) is 3. The predicted octanol–water partition coefficient (Wildman–Crippen LogP) is 3.07. The number of carbonyl (C=O) groups is 1. The van der Waals surface area contributed by atoms with E-state index >= 15 is 0 Å². The van der Waals surface area contributed by atoms with E-state index in [9.17, 15) is 9.18 Å². The number of H-pyrrole nitrogens is 2. The molecule has 8 heteroatoms. The van der Waals surface area contributed by atoms with Gasteiger partial charge in [-0.2, -0.15) is 5.10 Å². The van der Waals surface area contributed by atoms with E-state index in [4.69, 9.17) is 12.2 Å². The Morgan fingerprint density at radius 2 is 2.26 bits per heavy atom. The van der Waals surface area contributed by atoms with Gasteiger partial charge >= 0.3 is 0 Å². The molecule has 1 amide bonds. The van der Waals surface area contributed by atoms with Crippen LogP contribution in [0.2, 0.25) is 0 Å². The summed E-state index contributed by atoms with van der Waals surface area (Å²) < 4.78 is 16.0. The highest BCUT2D eigenvalue weighted by Crippen LogP contribution is 2.18. The third-order valence-corrected chi connectivity index (χ3v) is 3.84. The van der Waals surface area contributed by atoms with Crippen molar-refractivity contribution >= 4 is 29.0 Å². The van der Waals surface area contributed by atoms with E-state index in [1.165, 1.54) is 12.1 Å². The number of benzene rings is 1. The van der Waals surface area contributed by atoms with Crippen molar-refractivity contribution in [3.63, 3.8) is 0 Å². The maximum Gasteiger partial charge on any atom is 0.268 e. The average Bonchev–Trinajstić information content (AvgIpc) is 3.09. The molecule has 3 N–H and O–H groups in total. The molecule has 23 heavy (non-hydrogen) atoms. The number of halogens is 1. The first kappa shape index (κ1) is 15.4. The Morgan fingerprint density at radius 1 is 1.48 bits per heavy atom. The molecule has 2 aromatic heterocycles. The van der Waals surface area contributed by atoms with Crippen LogP contribution in [0.1, 0.15) is 36.2 Å². The molecule has 0 atom stereocenters. The summed E-state index contributed by atoms with van der Waals surface area (Å²) in [5.41, 5.74) is 0.885. The summed E-state index contributed by atoms with van der Waals surface area (Å²) in [7, 11) is 0. The van der Waals surface area contributed by atoms with E-state index in [2.05, 4.69) is 20.5 Å². The quantitative estimate of drug-likeness (QED) is 0.642. The molecule has 3 rings (SSSR count). The standard InChI is InChI=1S/C15H16FN5OS/c1-8(2)21-13(19-20-15(21)23)7-17-14(22)12-6-9-10(16)4-3-5-11(9)18-12/h3-6,8,18H,7H2,1-2H3,(H,17,22)(H,20,23). The van der Waals surface area contributed by atoms with Crippen molar-refractivity contribution in [2.45, 2.75) is 26.4 Å². The van der Waals surface area contributed by atoms with Crippen LogP contribution in [0, 0.1) is 10.6 Å². The lowest BCUT2D eigenvalue weighted by Crippen LogP contribution is -2.25. The Bertz CT molecular complexity index is 923. The number of amides is 1. The van der Waals surface area contributed by atoms with Gasteiger partial charge in [-0.3, -0.25) is 9.89 Å². The highest BCUT2D eigenvalue weighted by molar-refractivity contribution is 7.71. The molecular weight excluding hydrogens is 317 g/mol. The Kier molecular flexibility index (Phi) is 3.99. The number of hydrogen-bond donors (Lipinski definition) is 3. The second kappa shape index (κ2) is 5.96.